The number of ether oxygens (including phenoxy) is 1. The van der Waals surface area contributed by atoms with Gasteiger partial charge in [0.15, 0.2) is 5.82 Å². The second-order valence-corrected chi connectivity index (χ2v) is 5.73. The summed E-state index contributed by atoms with van der Waals surface area (Å²) in [4.78, 5) is 12.0. The van der Waals surface area contributed by atoms with E-state index in [2.05, 4.69) is 20.8 Å². The third-order valence-corrected chi connectivity index (χ3v) is 3.52. The predicted octanol–water partition coefficient (Wildman–Crippen LogP) is 2.36. The molecule has 0 aliphatic carbocycles. The van der Waals surface area contributed by atoms with Crippen molar-refractivity contribution in [1.82, 2.24) is 25.5 Å². The van der Waals surface area contributed by atoms with E-state index in [1.807, 2.05) is 27.7 Å². The second-order valence-electron chi connectivity index (χ2n) is 5.73. The van der Waals surface area contributed by atoms with Gasteiger partial charge in [-0.2, -0.15) is 0 Å². The topological polar surface area (TPSA) is 81.9 Å². The van der Waals surface area contributed by atoms with E-state index in [0.29, 0.717) is 17.1 Å². The van der Waals surface area contributed by atoms with Gasteiger partial charge in [-0.25, -0.2) is 4.68 Å². The average molecular weight is 317 g/mol. The molecule has 7 heteroatoms. The van der Waals surface area contributed by atoms with Gasteiger partial charge in [0.2, 0.25) is 0 Å². The lowest BCUT2D eigenvalue weighted by Crippen LogP contribution is -2.31. The highest BCUT2D eigenvalue weighted by atomic mass is 16.5. The molecule has 124 valence electrons. The van der Waals surface area contributed by atoms with Crippen LogP contribution in [0, 0.1) is 0 Å². The summed E-state index contributed by atoms with van der Waals surface area (Å²) in [5.74, 6) is 1.26. The van der Waals surface area contributed by atoms with Gasteiger partial charge in [0.05, 0.1) is 6.04 Å². The zero-order valence-corrected chi connectivity index (χ0v) is 14.0. The molecule has 1 aromatic heterocycles. The molecule has 0 aliphatic rings. The van der Waals surface area contributed by atoms with Crippen LogP contribution < -0.4 is 10.1 Å². The highest BCUT2D eigenvalue weighted by molar-refractivity contribution is 5.94. The van der Waals surface area contributed by atoms with E-state index in [-0.39, 0.29) is 24.6 Å². The van der Waals surface area contributed by atoms with E-state index in [1.165, 1.54) is 0 Å². The predicted molar refractivity (Wildman–Crippen MR) is 86.2 cm³/mol. The van der Waals surface area contributed by atoms with Crippen LogP contribution in [-0.4, -0.2) is 32.2 Å². The molecule has 0 saturated heterocycles. The van der Waals surface area contributed by atoms with Crippen LogP contribution in [0.3, 0.4) is 0 Å². The minimum Gasteiger partial charge on any atom is -0.486 e. The number of nitrogens with zero attached hydrogens (tertiary/aromatic N) is 4. The van der Waals surface area contributed by atoms with E-state index < -0.39 is 0 Å². The van der Waals surface area contributed by atoms with Crippen molar-refractivity contribution in [2.75, 3.05) is 0 Å². The molecule has 1 atom stereocenters. The Morgan fingerprint density at radius 2 is 1.96 bits per heavy atom. The van der Waals surface area contributed by atoms with E-state index in [9.17, 15) is 4.79 Å². The second kappa shape index (κ2) is 7.71. The van der Waals surface area contributed by atoms with Crippen LogP contribution in [0.5, 0.6) is 5.75 Å². The van der Waals surface area contributed by atoms with Gasteiger partial charge in [-0.3, -0.25) is 4.79 Å². The van der Waals surface area contributed by atoms with E-state index >= 15 is 0 Å². The van der Waals surface area contributed by atoms with Crippen LogP contribution in [0.2, 0.25) is 0 Å². The molecule has 1 amide bonds. The molecule has 1 aromatic carbocycles. The fraction of sp³-hybridized carbons (Fsp3) is 0.500. The van der Waals surface area contributed by atoms with Crippen molar-refractivity contribution in [3.8, 4) is 5.75 Å². The number of hydrogen-bond donors (Lipinski definition) is 1. The molecule has 0 aliphatic heterocycles. The van der Waals surface area contributed by atoms with Crippen molar-refractivity contribution >= 4 is 5.91 Å². The van der Waals surface area contributed by atoms with Gasteiger partial charge < -0.3 is 10.1 Å². The lowest BCUT2D eigenvalue weighted by molar-refractivity contribution is 0.0939. The number of nitrogens with one attached hydrogen (secondary N) is 1. The quantitative estimate of drug-likeness (QED) is 0.847. The van der Waals surface area contributed by atoms with Crippen LogP contribution in [0.25, 0.3) is 0 Å². The lowest BCUT2D eigenvalue weighted by atomic mass is 10.2. The maximum atomic E-state index is 12.0. The molecule has 2 rings (SSSR count). The zero-order chi connectivity index (χ0) is 16.8. The van der Waals surface area contributed by atoms with E-state index in [1.54, 1.807) is 28.9 Å². The molecule has 23 heavy (non-hydrogen) atoms. The van der Waals surface area contributed by atoms with Gasteiger partial charge in [0.25, 0.3) is 5.91 Å². The summed E-state index contributed by atoms with van der Waals surface area (Å²) in [6.07, 6.45) is 0.900. The van der Waals surface area contributed by atoms with Crippen molar-refractivity contribution < 1.29 is 9.53 Å². The van der Waals surface area contributed by atoms with Crippen molar-refractivity contribution in [1.29, 1.82) is 0 Å². The number of rotatable bonds is 7. The van der Waals surface area contributed by atoms with Crippen molar-refractivity contribution in [3.63, 3.8) is 0 Å². The first-order valence-corrected chi connectivity index (χ1v) is 7.81. The Bertz CT molecular complexity index is 636. The zero-order valence-electron chi connectivity index (χ0n) is 14.0. The minimum absolute atomic E-state index is 0.0744. The van der Waals surface area contributed by atoms with E-state index in [4.69, 9.17) is 4.74 Å². The summed E-state index contributed by atoms with van der Waals surface area (Å²) in [6, 6.07) is 7.38. The lowest BCUT2D eigenvalue weighted by Gasteiger charge is -2.12. The Morgan fingerprint density at radius 3 is 2.57 bits per heavy atom. The van der Waals surface area contributed by atoms with Gasteiger partial charge in [0.1, 0.15) is 12.4 Å². The Hall–Kier alpha value is -2.44. The van der Waals surface area contributed by atoms with Crippen LogP contribution in [0.4, 0.5) is 0 Å². The first-order valence-electron chi connectivity index (χ1n) is 7.81. The van der Waals surface area contributed by atoms with Crippen molar-refractivity contribution in [2.45, 2.75) is 52.8 Å². The van der Waals surface area contributed by atoms with Gasteiger partial charge in [-0.05, 0) is 61.9 Å². The average Bonchev–Trinajstić information content (AvgIpc) is 3.02. The SMILES string of the molecule is CCC(C)NC(=O)c1ccc(OCc2nnnn2C(C)C)cc1. The smallest absolute Gasteiger partial charge is 0.251 e. The highest BCUT2D eigenvalue weighted by Crippen LogP contribution is 2.14. The molecule has 7 nitrogen and oxygen atoms in total. The molecular formula is C16H23N5O2. The number of aromatic nitrogens is 4. The summed E-state index contributed by atoms with van der Waals surface area (Å²) in [6.45, 7) is 8.31. The summed E-state index contributed by atoms with van der Waals surface area (Å²) < 4.78 is 7.40. The number of tetrazole rings is 1. The third-order valence-electron chi connectivity index (χ3n) is 3.52. The Kier molecular flexibility index (Phi) is 5.67. The van der Waals surface area contributed by atoms with Gasteiger partial charge in [-0.1, -0.05) is 6.92 Å². The molecule has 0 bridgehead atoms. The Labute approximate surface area is 136 Å². The van der Waals surface area contributed by atoms with Crippen molar-refractivity contribution in [3.05, 3.63) is 35.7 Å². The molecule has 1 heterocycles. The normalized spacial score (nSPS) is 12.2. The number of benzene rings is 1. The fourth-order valence-corrected chi connectivity index (χ4v) is 1.97. The number of carbonyl (C=O) groups excluding carboxylic acids is 1. The summed E-state index contributed by atoms with van der Waals surface area (Å²) in [5, 5.41) is 14.5. The summed E-state index contributed by atoms with van der Waals surface area (Å²) in [7, 11) is 0. The monoisotopic (exact) mass is 317 g/mol. The van der Waals surface area contributed by atoms with Gasteiger partial charge >= 0.3 is 0 Å². The first-order chi connectivity index (χ1) is 11.0. The molecule has 1 N–H and O–H groups in total. The Morgan fingerprint density at radius 1 is 1.26 bits per heavy atom. The molecule has 0 spiro atoms. The minimum atomic E-state index is -0.0744. The molecule has 2 aromatic rings. The van der Waals surface area contributed by atoms with Crippen LogP contribution in [-0.2, 0) is 6.61 Å². The molecular weight excluding hydrogens is 294 g/mol. The van der Waals surface area contributed by atoms with Gasteiger partial charge in [0, 0.05) is 11.6 Å². The first kappa shape index (κ1) is 16.9. The van der Waals surface area contributed by atoms with Crippen LogP contribution in [0.15, 0.2) is 24.3 Å². The maximum absolute atomic E-state index is 12.0. The number of carbonyl (C=O) groups is 1. The molecule has 1 unspecified atom stereocenters. The summed E-state index contributed by atoms with van der Waals surface area (Å²) in [5.41, 5.74) is 0.615. The number of amides is 1. The van der Waals surface area contributed by atoms with E-state index in [0.717, 1.165) is 6.42 Å². The molecule has 0 radical (unpaired) electrons. The Balaban J connectivity index is 1.95. The molecule has 0 saturated carbocycles. The largest absolute Gasteiger partial charge is 0.486 e. The molecule has 0 fully saturated rings. The maximum Gasteiger partial charge on any atom is 0.251 e. The third kappa shape index (κ3) is 4.51. The number of hydrogen-bond acceptors (Lipinski definition) is 5. The van der Waals surface area contributed by atoms with Crippen LogP contribution >= 0.6 is 0 Å². The highest BCUT2D eigenvalue weighted by Gasteiger charge is 2.11. The van der Waals surface area contributed by atoms with Crippen molar-refractivity contribution in [2.24, 2.45) is 0 Å². The standard InChI is InChI=1S/C16H23N5O2/c1-5-12(4)17-16(22)13-6-8-14(9-7-13)23-10-15-18-19-20-21(15)11(2)3/h6-9,11-12H,5,10H2,1-4H3,(H,17,22). The van der Waals surface area contributed by atoms with Crippen LogP contribution in [0.1, 0.15) is 56.3 Å². The van der Waals surface area contributed by atoms with Gasteiger partial charge in [-0.15, -0.1) is 5.10 Å². The summed E-state index contributed by atoms with van der Waals surface area (Å²) >= 11 is 0. The fourth-order valence-electron chi connectivity index (χ4n) is 1.97.